The van der Waals surface area contributed by atoms with Crippen molar-refractivity contribution < 1.29 is 13.9 Å². The molecule has 0 aromatic carbocycles. The van der Waals surface area contributed by atoms with Gasteiger partial charge < -0.3 is 20.7 Å². The third kappa shape index (κ3) is 7.25. The summed E-state index contributed by atoms with van der Waals surface area (Å²) in [6.45, 7) is 7.46. The fourth-order valence-corrected chi connectivity index (χ4v) is 3.55. The normalized spacial score (nSPS) is 11.9. The fraction of sp³-hybridized carbons (Fsp3) is 0.320. The first-order valence-corrected chi connectivity index (χ1v) is 12.0. The maximum atomic E-state index is 15.0. The van der Waals surface area contributed by atoms with Gasteiger partial charge in [-0.2, -0.15) is 20.6 Å². The molecule has 202 valence electrons. The average molecular weight is 534 g/mol. The Hall–Kier alpha value is -5.06. The highest BCUT2D eigenvalue weighted by Gasteiger charge is 2.20. The molecule has 1 amide bonds. The molecule has 0 unspecified atom stereocenters. The Balaban J connectivity index is 1.58. The molecule has 0 bridgehead atoms. The zero-order chi connectivity index (χ0) is 28.0. The lowest BCUT2D eigenvalue weighted by Crippen LogP contribution is -2.41. The Morgan fingerprint density at radius 1 is 1.18 bits per heavy atom. The molecule has 4 heterocycles. The molecule has 0 fully saturated rings. The second-order valence-corrected chi connectivity index (χ2v) is 9.55. The molecule has 0 spiro atoms. The molecule has 0 aliphatic carbocycles. The van der Waals surface area contributed by atoms with Crippen molar-refractivity contribution >= 4 is 23.4 Å². The standard InChI is InChI=1S/C25H28FN11O2/c1-16-21(37-31-7-8-32-37)11-18(13-28-16)33-22-17(12-27)10-20(26)23(35-22)34-19(15-36-9-5-6-30-36)14-29-24(38)39-25(2,3)4/h5-11,13,19H,14-15H2,1-4H3,(H,29,38)(H2,33,34,35)/t19-/m0/s1. The van der Waals surface area contributed by atoms with E-state index >= 15 is 4.39 Å². The monoisotopic (exact) mass is 533 g/mol. The SMILES string of the molecule is Cc1ncc(Nc2nc(N[C@@H](CNC(=O)OC(C)(C)C)Cn3cccn3)c(F)cc2C#N)cc1-n1nccn1. The number of nitriles is 1. The Bertz CT molecular complexity index is 1460. The number of nitrogens with zero attached hydrogens (tertiary/aromatic N) is 8. The summed E-state index contributed by atoms with van der Waals surface area (Å²) in [6, 6.07) is 6.01. The molecular weight excluding hydrogens is 505 g/mol. The number of alkyl carbamates (subject to hydrolysis) is 1. The van der Waals surface area contributed by atoms with E-state index in [1.807, 2.05) is 13.0 Å². The highest BCUT2D eigenvalue weighted by Crippen LogP contribution is 2.25. The number of ether oxygens (including phenoxy) is 1. The van der Waals surface area contributed by atoms with E-state index in [0.29, 0.717) is 17.1 Å². The van der Waals surface area contributed by atoms with Crippen molar-refractivity contribution in [2.24, 2.45) is 0 Å². The maximum Gasteiger partial charge on any atom is 0.407 e. The average Bonchev–Trinajstić information content (AvgIpc) is 3.59. The second-order valence-electron chi connectivity index (χ2n) is 9.55. The van der Waals surface area contributed by atoms with Crippen molar-refractivity contribution in [2.75, 3.05) is 17.2 Å². The van der Waals surface area contributed by atoms with Crippen molar-refractivity contribution in [1.29, 1.82) is 5.26 Å². The van der Waals surface area contributed by atoms with Gasteiger partial charge in [-0.1, -0.05) is 0 Å². The summed E-state index contributed by atoms with van der Waals surface area (Å²) >= 11 is 0. The molecule has 39 heavy (non-hydrogen) atoms. The van der Waals surface area contributed by atoms with Crippen LogP contribution in [0.15, 0.2) is 49.2 Å². The molecule has 0 saturated heterocycles. The van der Waals surface area contributed by atoms with Crippen LogP contribution in [0.4, 0.5) is 26.5 Å². The summed E-state index contributed by atoms with van der Waals surface area (Å²) < 4.78 is 22.0. The lowest BCUT2D eigenvalue weighted by Gasteiger charge is -2.23. The summed E-state index contributed by atoms with van der Waals surface area (Å²) in [4.78, 5) is 22.4. The number of hydrogen-bond donors (Lipinski definition) is 3. The van der Waals surface area contributed by atoms with Crippen molar-refractivity contribution in [3.8, 4) is 11.8 Å². The van der Waals surface area contributed by atoms with E-state index < -0.39 is 23.6 Å². The third-order valence-corrected chi connectivity index (χ3v) is 5.25. The minimum Gasteiger partial charge on any atom is -0.444 e. The van der Waals surface area contributed by atoms with Crippen LogP contribution in [0.2, 0.25) is 0 Å². The number of rotatable bonds is 9. The van der Waals surface area contributed by atoms with Crippen LogP contribution < -0.4 is 16.0 Å². The number of halogens is 1. The summed E-state index contributed by atoms with van der Waals surface area (Å²) in [5.74, 6) is -0.735. The van der Waals surface area contributed by atoms with Crippen molar-refractivity contribution in [3.05, 3.63) is 66.3 Å². The van der Waals surface area contributed by atoms with E-state index in [0.717, 1.165) is 6.07 Å². The van der Waals surface area contributed by atoms with E-state index in [9.17, 15) is 10.1 Å². The van der Waals surface area contributed by atoms with Crippen LogP contribution >= 0.6 is 0 Å². The van der Waals surface area contributed by atoms with Gasteiger partial charge in [-0.05, 0) is 45.9 Å². The van der Waals surface area contributed by atoms with Gasteiger partial charge in [0.2, 0.25) is 0 Å². The number of amides is 1. The van der Waals surface area contributed by atoms with E-state index in [1.165, 1.54) is 4.80 Å². The molecule has 13 nitrogen and oxygen atoms in total. The summed E-state index contributed by atoms with van der Waals surface area (Å²) in [5.41, 5.74) is 1.12. The molecule has 4 aromatic rings. The Kier molecular flexibility index (Phi) is 7.99. The van der Waals surface area contributed by atoms with Gasteiger partial charge in [0.25, 0.3) is 0 Å². The molecule has 4 rings (SSSR count). The van der Waals surface area contributed by atoms with Crippen LogP contribution in [0.1, 0.15) is 32.0 Å². The largest absolute Gasteiger partial charge is 0.444 e. The van der Waals surface area contributed by atoms with E-state index in [2.05, 4.69) is 41.2 Å². The molecular formula is C25H28FN11O2. The van der Waals surface area contributed by atoms with Crippen molar-refractivity contribution in [3.63, 3.8) is 0 Å². The van der Waals surface area contributed by atoms with Crippen molar-refractivity contribution in [2.45, 2.75) is 45.9 Å². The van der Waals surface area contributed by atoms with Gasteiger partial charge in [-0.3, -0.25) is 9.67 Å². The highest BCUT2D eigenvalue weighted by molar-refractivity contribution is 5.68. The Morgan fingerprint density at radius 3 is 2.62 bits per heavy atom. The third-order valence-electron chi connectivity index (χ3n) is 5.25. The minimum absolute atomic E-state index is 0.00658. The molecule has 1 atom stereocenters. The number of carbonyl (C=O) groups excluding carboxylic acids is 1. The lowest BCUT2D eigenvalue weighted by molar-refractivity contribution is 0.0524. The minimum atomic E-state index is -0.733. The first-order valence-electron chi connectivity index (χ1n) is 12.0. The van der Waals surface area contributed by atoms with Crippen LogP contribution in [-0.2, 0) is 11.3 Å². The molecule has 3 N–H and O–H groups in total. The van der Waals surface area contributed by atoms with Gasteiger partial charge in [-0.15, -0.1) is 4.80 Å². The van der Waals surface area contributed by atoms with Gasteiger partial charge in [0.05, 0.1) is 48.1 Å². The first kappa shape index (κ1) is 27.0. The topological polar surface area (TPSA) is 160 Å². The van der Waals surface area contributed by atoms with E-state index in [-0.39, 0.29) is 30.3 Å². The van der Waals surface area contributed by atoms with E-state index in [1.54, 1.807) is 68.6 Å². The number of aromatic nitrogens is 7. The van der Waals surface area contributed by atoms with Gasteiger partial charge in [-0.25, -0.2) is 14.2 Å². The number of hydrogen-bond acceptors (Lipinski definition) is 10. The zero-order valence-electron chi connectivity index (χ0n) is 21.9. The van der Waals surface area contributed by atoms with Crippen LogP contribution in [0.5, 0.6) is 0 Å². The van der Waals surface area contributed by atoms with Crippen LogP contribution in [-0.4, -0.2) is 59.0 Å². The predicted octanol–water partition coefficient (Wildman–Crippen LogP) is 3.32. The summed E-state index contributed by atoms with van der Waals surface area (Å²) in [5, 5.41) is 30.8. The number of nitrogens with one attached hydrogen (secondary N) is 3. The van der Waals surface area contributed by atoms with Gasteiger partial charge in [0.15, 0.2) is 17.5 Å². The number of carbonyl (C=O) groups is 1. The number of pyridine rings is 2. The van der Waals surface area contributed by atoms with Gasteiger partial charge in [0.1, 0.15) is 17.4 Å². The molecule has 4 aromatic heterocycles. The quantitative estimate of drug-likeness (QED) is 0.291. The van der Waals surface area contributed by atoms with Gasteiger partial charge >= 0.3 is 6.09 Å². The van der Waals surface area contributed by atoms with Crippen LogP contribution in [0, 0.1) is 24.1 Å². The lowest BCUT2D eigenvalue weighted by atomic mass is 10.2. The zero-order valence-corrected chi connectivity index (χ0v) is 21.9. The Labute approximate surface area is 224 Å². The predicted molar refractivity (Wildman–Crippen MR) is 140 cm³/mol. The first-order chi connectivity index (χ1) is 18.6. The maximum absolute atomic E-state index is 15.0. The molecule has 0 aliphatic heterocycles. The highest BCUT2D eigenvalue weighted by atomic mass is 19.1. The van der Waals surface area contributed by atoms with Gasteiger partial charge in [0, 0.05) is 18.9 Å². The number of anilines is 3. The van der Waals surface area contributed by atoms with Crippen LogP contribution in [0.3, 0.4) is 0 Å². The van der Waals surface area contributed by atoms with Crippen LogP contribution in [0.25, 0.3) is 5.69 Å². The molecule has 0 saturated carbocycles. The number of aryl methyl sites for hydroxylation is 1. The fourth-order valence-electron chi connectivity index (χ4n) is 3.55. The summed E-state index contributed by atoms with van der Waals surface area (Å²) in [6.07, 6.45) is 7.40. The molecule has 0 radical (unpaired) electrons. The van der Waals surface area contributed by atoms with Crippen molar-refractivity contribution in [1.82, 2.24) is 40.1 Å². The Morgan fingerprint density at radius 2 is 1.95 bits per heavy atom. The molecule has 14 heteroatoms. The summed E-state index contributed by atoms with van der Waals surface area (Å²) in [7, 11) is 0. The second kappa shape index (κ2) is 11.5. The molecule has 0 aliphatic rings. The van der Waals surface area contributed by atoms with E-state index in [4.69, 9.17) is 4.74 Å². The smallest absolute Gasteiger partial charge is 0.407 e.